The molecular formula is C19H20FNO5. The number of carbonyl (C=O) groups is 2. The van der Waals surface area contributed by atoms with E-state index in [1.165, 1.54) is 39.5 Å². The fourth-order valence-electron chi connectivity index (χ4n) is 2.42. The third kappa shape index (κ3) is 4.50. The number of nitrogens with one attached hydrogen (secondary N) is 1. The summed E-state index contributed by atoms with van der Waals surface area (Å²) in [5, 5.41) is 2.64. The van der Waals surface area contributed by atoms with Crippen LogP contribution in [0.3, 0.4) is 0 Å². The Bertz CT molecular complexity index is 807. The van der Waals surface area contributed by atoms with Crippen molar-refractivity contribution in [3.8, 4) is 11.5 Å². The van der Waals surface area contributed by atoms with Gasteiger partial charge in [-0.25, -0.2) is 9.18 Å². The zero-order valence-electron chi connectivity index (χ0n) is 14.8. The van der Waals surface area contributed by atoms with Crippen molar-refractivity contribution >= 4 is 17.6 Å². The summed E-state index contributed by atoms with van der Waals surface area (Å²) in [6.07, 6.45) is 0.287. The van der Waals surface area contributed by atoms with E-state index in [1.54, 1.807) is 18.2 Å². The van der Waals surface area contributed by atoms with Crippen molar-refractivity contribution in [2.75, 3.05) is 26.6 Å². The van der Waals surface area contributed by atoms with Crippen LogP contribution in [0.25, 0.3) is 0 Å². The van der Waals surface area contributed by atoms with Gasteiger partial charge in [0.1, 0.15) is 5.82 Å². The first kappa shape index (κ1) is 19.2. The number of anilines is 1. The molecule has 0 heterocycles. The number of methoxy groups -OCH3 is 3. The largest absolute Gasteiger partial charge is 0.493 e. The van der Waals surface area contributed by atoms with Crippen molar-refractivity contribution in [2.45, 2.75) is 12.8 Å². The molecule has 7 heteroatoms. The number of esters is 1. The first-order chi connectivity index (χ1) is 12.5. The summed E-state index contributed by atoms with van der Waals surface area (Å²) in [6.45, 7) is 0. The van der Waals surface area contributed by atoms with Crippen LogP contribution < -0.4 is 14.8 Å². The molecule has 2 aromatic carbocycles. The Kier molecular flexibility index (Phi) is 6.54. The van der Waals surface area contributed by atoms with Gasteiger partial charge in [0.25, 0.3) is 0 Å². The van der Waals surface area contributed by atoms with Crippen LogP contribution in [-0.2, 0) is 16.0 Å². The average molecular weight is 361 g/mol. The Morgan fingerprint density at radius 2 is 1.69 bits per heavy atom. The first-order valence-electron chi connectivity index (χ1n) is 7.87. The monoisotopic (exact) mass is 361 g/mol. The second kappa shape index (κ2) is 8.84. The number of halogens is 1. The molecule has 0 fully saturated rings. The topological polar surface area (TPSA) is 73.9 Å². The van der Waals surface area contributed by atoms with E-state index in [0.29, 0.717) is 17.1 Å². The van der Waals surface area contributed by atoms with E-state index < -0.39 is 5.97 Å². The molecule has 0 atom stereocenters. The van der Waals surface area contributed by atoms with Gasteiger partial charge in [-0.1, -0.05) is 18.2 Å². The van der Waals surface area contributed by atoms with Crippen LogP contribution >= 0.6 is 0 Å². The number of rotatable bonds is 7. The molecule has 2 aromatic rings. The SMILES string of the molecule is COC(=O)c1cc(OC)c(OC)cc1NC(=O)CCc1ccccc1F. The Hall–Kier alpha value is -3.09. The highest BCUT2D eigenvalue weighted by atomic mass is 19.1. The molecule has 6 nitrogen and oxygen atoms in total. The molecule has 0 aliphatic heterocycles. The number of aryl methyl sites for hydroxylation is 1. The Balaban J connectivity index is 2.19. The lowest BCUT2D eigenvalue weighted by Gasteiger charge is -2.14. The lowest BCUT2D eigenvalue weighted by molar-refractivity contribution is -0.116. The molecule has 0 unspecified atom stereocenters. The quantitative estimate of drug-likeness (QED) is 0.767. The van der Waals surface area contributed by atoms with Gasteiger partial charge in [-0.05, 0) is 18.1 Å². The van der Waals surface area contributed by atoms with Crippen LogP contribution in [0.15, 0.2) is 36.4 Å². The third-order valence-corrected chi connectivity index (χ3v) is 3.78. The van der Waals surface area contributed by atoms with Crippen molar-refractivity contribution in [3.63, 3.8) is 0 Å². The molecule has 0 radical (unpaired) electrons. The summed E-state index contributed by atoms with van der Waals surface area (Å²) in [5.74, 6) is -0.676. The second-order valence-electron chi connectivity index (χ2n) is 5.38. The molecule has 0 bridgehead atoms. The van der Waals surface area contributed by atoms with Crippen LogP contribution in [0.4, 0.5) is 10.1 Å². The first-order valence-corrected chi connectivity index (χ1v) is 7.87. The normalized spacial score (nSPS) is 10.2. The lowest BCUT2D eigenvalue weighted by Crippen LogP contribution is -2.16. The van der Waals surface area contributed by atoms with E-state index in [-0.39, 0.29) is 35.8 Å². The van der Waals surface area contributed by atoms with Gasteiger partial charge in [-0.2, -0.15) is 0 Å². The Labute approximate surface area is 150 Å². The standard InChI is InChI=1S/C19H20FNO5/c1-24-16-10-13(19(23)26-3)15(11-17(16)25-2)21-18(22)9-8-12-6-4-5-7-14(12)20/h4-7,10-11H,8-9H2,1-3H3,(H,21,22). The fourth-order valence-corrected chi connectivity index (χ4v) is 2.42. The van der Waals surface area contributed by atoms with E-state index in [9.17, 15) is 14.0 Å². The van der Waals surface area contributed by atoms with Gasteiger partial charge >= 0.3 is 5.97 Å². The highest BCUT2D eigenvalue weighted by molar-refractivity contribution is 6.02. The van der Waals surface area contributed by atoms with Gasteiger partial charge in [0.05, 0.1) is 32.6 Å². The van der Waals surface area contributed by atoms with Crippen LogP contribution in [0.5, 0.6) is 11.5 Å². The number of benzene rings is 2. The van der Waals surface area contributed by atoms with Crippen LogP contribution in [0.2, 0.25) is 0 Å². The predicted octanol–water partition coefficient (Wildman–Crippen LogP) is 3.20. The zero-order valence-corrected chi connectivity index (χ0v) is 14.8. The van der Waals surface area contributed by atoms with Crippen LogP contribution in [0, 0.1) is 5.82 Å². The fraction of sp³-hybridized carbons (Fsp3) is 0.263. The summed E-state index contributed by atoms with van der Waals surface area (Å²) >= 11 is 0. The van der Waals surface area contributed by atoms with Gasteiger partial charge in [0.15, 0.2) is 11.5 Å². The Morgan fingerprint density at radius 1 is 1.04 bits per heavy atom. The third-order valence-electron chi connectivity index (χ3n) is 3.78. The highest BCUT2D eigenvalue weighted by Crippen LogP contribution is 2.33. The summed E-state index contributed by atoms with van der Waals surface area (Å²) in [6, 6.07) is 9.17. The predicted molar refractivity (Wildman–Crippen MR) is 94.2 cm³/mol. The smallest absolute Gasteiger partial charge is 0.340 e. The minimum absolute atomic E-state index is 0.0515. The van der Waals surface area contributed by atoms with Gasteiger partial charge in [-0.3, -0.25) is 4.79 Å². The number of hydrogen-bond acceptors (Lipinski definition) is 5. The van der Waals surface area contributed by atoms with Gasteiger partial charge < -0.3 is 19.5 Å². The van der Waals surface area contributed by atoms with Crippen LogP contribution in [0.1, 0.15) is 22.3 Å². The van der Waals surface area contributed by atoms with Crippen LogP contribution in [-0.4, -0.2) is 33.2 Å². The highest BCUT2D eigenvalue weighted by Gasteiger charge is 2.19. The second-order valence-corrected chi connectivity index (χ2v) is 5.38. The number of hydrogen-bond donors (Lipinski definition) is 1. The van der Waals surface area contributed by atoms with Crippen molar-refractivity contribution in [1.82, 2.24) is 0 Å². The number of carbonyl (C=O) groups excluding carboxylic acids is 2. The average Bonchev–Trinajstić information content (AvgIpc) is 2.66. The van der Waals surface area contributed by atoms with Gasteiger partial charge in [-0.15, -0.1) is 0 Å². The minimum atomic E-state index is -0.629. The maximum absolute atomic E-state index is 13.6. The van der Waals surface area contributed by atoms with Crippen molar-refractivity contribution < 1.29 is 28.2 Å². The molecule has 0 saturated carbocycles. The molecule has 0 aliphatic carbocycles. The van der Waals surface area contributed by atoms with E-state index >= 15 is 0 Å². The molecular weight excluding hydrogens is 341 g/mol. The molecule has 0 spiro atoms. The van der Waals surface area contributed by atoms with E-state index in [2.05, 4.69) is 5.32 Å². The molecule has 0 aromatic heterocycles. The zero-order chi connectivity index (χ0) is 19.1. The molecule has 0 aliphatic rings. The Morgan fingerprint density at radius 3 is 2.31 bits per heavy atom. The van der Waals surface area contributed by atoms with Crippen molar-refractivity contribution in [2.24, 2.45) is 0 Å². The maximum Gasteiger partial charge on any atom is 0.340 e. The molecule has 1 N–H and O–H groups in total. The molecule has 1 amide bonds. The summed E-state index contributed by atoms with van der Waals surface area (Å²) in [7, 11) is 4.12. The van der Waals surface area contributed by atoms with Crippen molar-refractivity contribution in [3.05, 3.63) is 53.3 Å². The van der Waals surface area contributed by atoms with Crippen molar-refractivity contribution in [1.29, 1.82) is 0 Å². The minimum Gasteiger partial charge on any atom is -0.493 e. The number of amides is 1. The van der Waals surface area contributed by atoms with Gasteiger partial charge in [0.2, 0.25) is 5.91 Å². The van der Waals surface area contributed by atoms with E-state index in [1.807, 2.05) is 0 Å². The summed E-state index contributed by atoms with van der Waals surface area (Å²) < 4.78 is 28.7. The summed E-state index contributed by atoms with van der Waals surface area (Å²) in [5.41, 5.74) is 0.806. The van der Waals surface area contributed by atoms with E-state index in [0.717, 1.165) is 0 Å². The summed E-state index contributed by atoms with van der Waals surface area (Å²) in [4.78, 5) is 24.2. The molecule has 2 rings (SSSR count). The van der Waals surface area contributed by atoms with Gasteiger partial charge in [0, 0.05) is 18.6 Å². The molecule has 0 saturated heterocycles. The number of ether oxygens (including phenoxy) is 3. The lowest BCUT2D eigenvalue weighted by atomic mass is 10.1. The molecule has 138 valence electrons. The molecule has 26 heavy (non-hydrogen) atoms. The maximum atomic E-state index is 13.6. The van der Waals surface area contributed by atoms with E-state index in [4.69, 9.17) is 14.2 Å².